The Morgan fingerprint density at radius 3 is 2.06 bits per heavy atom. The van der Waals surface area contributed by atoms with E-state index in [1.54, 1.807) is 0 Å². The standard InChI is InChI=1S/C29H34N4/c1-3-4-19-33-28(20-31-29(33)26-13-9-6-10-14-26)23-32(21-24-11-7-5-8-12-24)22-25-15-17-27(30-2)18-16-25/h5-18,20,30H,3-4,19,21-23H2,1-2H3. The van der Waals surface area contributed by atoms with Crippen LogP contribution in [0.15, 0.2) is 91.1 Å². The third kappa shape index (κ3) is 6.11. The van der Waals surface area contributed by atoms with Crippen molar-refractivity contribution in [3.8, 4) is 11.4 Å². The van der Waals surface area contributed by atoms with E-state index in [0.29, 0.717) is 0 Å². The van der Waals surface area contributed by atoms with Gasteiger partial charge in [-0.3, -0.25) is 4.90 Å². The predicted octanol–water partition coefficient (Wildman–Crippen LogP) is 6.59. The Morgan fingerprint density at radius 2 is 1.42 bits per heavy atom. The molecule has 0 saturated heterocycles. The fourth-order valence-corrected chi connectivity index (χ4v) is 4.19. The van der Waals surface area contributed by atoms with Crippen LogP contribution in [0.1, 0.15) is 36.6 Å². The highest BCUT2D eigenvalue weighted by Crippen LogP contribution is 2.23. The van der Waals surface area contributed by atoms with Crippen molar-refractivity contribution < 1.29 is 0 Å². The fourth-order valence-electron chi connectivity index (χ4n) is 4.19. The molecule has 0 unspecified atom stereocenters. The second kappa shape index (κ2) is 11.5. The van der Waals surface area contributed by atoms with Gasteiger partial charge >= 0.3 is 0 Å². The van der Waals surface area contributed by atoms with Crippen molar-refractivity contribution in [3.05, 3.63) is 108 Å². The summed E-state index contributed by atoms with van der Waals surface area (Å²) in [6.07, 6.45) is 4.38. The van der Waals surface area contributed by atoms with Gasteiger partial charge in [0.2, 0.25) is 0 Å². The molecule has 0 amide bonds. The molecule has 1 N–H and O–H groups in total. The lowest BCUT2D eigenvalue weighted by Crippen LogP contribution is -2.24. The molecule has 3 aromatic carbocycles. The van der Waals surface area contributed by atoms with Gasteiger partial charge in [-0.1, -0.05) is 86.1 Å². The Hall–Kier alpha value is -3.37. The van der Waals surface area contributed by atoms with Gasteiger partial charge in [0.15, 0.2) is 0 Å². The highest BCUT2D eigenvalue weighted by molar-refractivity contribution is 5.56. The van der Waals surface area contributed by atoms with Crippen LogP contribution in [0.25, 0.3) is 11.4 Å². The fraction of sp³-hybridized carbons (Fsp3) is 0.276. The van der Waals surface area contributed by atoms with Gasteiger partial charge in [-0.2, -0.15) is 0 Å². The Kier molecular flexibility index (Phi) is 7.94. The van der Waals surface area contributed by atoms with Crippen molar-refractivity contribution in [2.24, 2.45) is 0 Å². The summed E-state index contributed by atoms with van der Waals surface area (Å²) in [5.74, 6) is 1.07. The number of hydrogen-bond donors (Lipinski definition) is 1. The molecule has 0 fully saturated rings. The van der Waals surface area contributed by atoms with Gasteiger partial charge in [-0.25, -0.2) is 4.98 Å². The summed E-state index contributed by atoms with van der Waals surface area (Å²) in [6.45, 7) is 5.88. The maximum absolute atomic E-state index is 4.86. The van der Waals surface area contributed by atoms with Crippen molar-refractivity contribution >= 4 is 5.69 Å². The Labute approximate surface area is 197 Å². The average molecular weight is 439 g/mol. The first-order valence-corrected chi connectivity index (χ1v) is 11.9. The number of benzene rings is 3. The van der Waals surface area contributed by atoms with E-state index < -0.39 is 0 Å². The zero-order chi connectivity index (χ0) is 22.9. The third-order valence-electron chi connectivity index (χ3n) is 5.99. The molecule has 4 heteroatoms. The molecule has 0 spiro atoms. The number of hydrogen-bond acceptors (Lipinski definition) is 3. The Morgan fingerprint density at radius 1 is 0.788 bits per heavy atom. The van der Waals surface area contributed by atoms with Crippen LogP contribution >= 0.6 is 0 Å². The molecule has 0 aliphatic heterocycles. The molecular formula is C29H34N4. The molecule has 0 aliphatic rings. The van der Waals surface area contributed by atoms with Crippen molar-refractivity contribution in [2.45, 2.75) is 45.9 Å². The summed E-state index contributed by atoms with van der Waals surface area (Å²) in [5, 5.41) is 3.21. The highest BCUT2D eigenvalue weighted by atomic mass is 15.2. The van der Waals surface area contributed by atoms with Crippen molar-refractivity contribution in [2.75, 3.05) is 12.4 Å². The molecule has 33 heavy (non-hydrogen) atoms. The maximum Gasteiger partial charge on any atom is 0.140 e. The van der Waals surface area contributed by atoms with E-state index in [9.17, 15) is 0 Å². The van der Waals surface area contributed by atoms with Crippen LogP contribution in [0.2, 0.25) is 0 Å². The molecule has 0 saturated carbocycles. The summed E-state index contributed by atoms with van der Waals surface area (Å²) < 4.78 is 2.42. The quantitative estimate of drug-likeness (QED) is 0.287. The number of rotatable bonds is 11. The predicted molar refractivity (Wildman–Crippen MR) is 138 cm³/mol. The molecule has 1 heterocycles. The maximum atomic E-state index is 4.86. The zero-order valence-corrected chi connectivity index (χ0v) is 19.7. The molecule has 170 valence electrons. The number of nitrogens with one attached hydrogen (secondary N) is 1. The summed E-state index contributed by atoms with van der Waals surface area (Å²) >= 11 is 0. The van der Waals surface area contributed by atoms with Gasteiger partial charge in [0.05, 0.1) is 11.9 Å². The average Bonchev–Trinajstić information content (AvgIpc) is 3.26. The topological polar surface area (TPSA) is 33.1 Å². The van der Waals surface area contributed by atoms with Crippen LogP contribution in [-0.4, -0.2) is 21.5 Å². The van der Waals surface area contributed by atoms with E-state index in [1.807, 2.05) is 7.05 Å². The van der Waals surface area contributed by atoms with Gasteiger partial charge in [-0.15, -0.1) is 0 Å². The first-order chi connectivity index (χ1) is 16.3. The molecular weight excluding hydrogens is 404 g/mol. The molecule has 0 radical (unpaired) electrons. The highest BCUT2D eigenvalue weighted by Gasteiger charge is 2.16. The molecule has 0 aliphatic carbocycles. The second-order valence-corrected chi connectivity index (χ2v) is 8.52. The Bertz CT molecular complexity index is 1100. The van der Waals surface area contributed by atoms with Crippen LogP contribution in [0, 0.1) is 0 Å². The van der Waals surface area contributed by atoms with Gasteiger partial charge in [0.1, 0.15) is 5.82 Å². The van der Waals surface area contributed by atoms with E-state index in [2.05, 4.69) is 113 Å². The molecule has 4 nitrogen and oxygen atoms in total. The van der Waals surface area contributed by atoms with Crippen LogP contribution in [0.3, 0.4) is 0 Å². The van der Waals surface area contributed by atoms with Crippen LogP contribution in [0.5, 0.6) is 0 Å². The number of imidazole rings is 1. The third-order valence-corrected chi connectivity index (χ3v) is 5.99. The van der Waals surface area contributed by atoms with Crippen molar-refractivity contribution in [1.82, 2.24) is 14.5 Å². The first-order valence-electron chi connectivity index (χ1n) is 11.9. The SMILES string of the molecule is CCCCn1c(CN(Cc2ccccc2)Cc2ccc(NC)cc2)cnc1-c1ccccc1. The van der Waals surface area contributed by atoms with Gasteiger partial charge in [0, 0.05) is 44.5 Å². The summed E-state index contributed by atoms with van der Waals surface area (Å²) in [7, 11) is 1.96. The van der Waals surface area contributed by atoms with Gasteiger partial charge in [0.25, 0.3) is 0 Å². The summed E-state index contributed by atoms with van der Waals surface area (Å²) in [6, 6.07) is 30.0. The van der Waals surface area contributed by atoms with Gasteiger partial charge < -0.3 is 9.88 Å². The largest absolute Gasteiger partial charge is 0.388 e. The smallest absolute Gasteiger partial charge is 0.140 e. The minimum atomic E-state index is 0.853. The lowest BCUT2D eigenvalue weighted by atomic mass is 10.1. The van der Waals surface area contributed by atoms with E-state index in [-0.39, 0.29) is 0 Å². The Balaban J connectivity index is 1.62. The second-order valence-electron chi connectivity index (χ2n) is 8.52. The number of unbranched alkanes of at least 4 members (excludes halogenated alkanes) is 1. The van der Waals surface area contributed by atoms with E-state index in [0.717, 1.165) is 50.5 Å². The van der Waals surface area contributed by atoms with Crippen LogP contribution in [-0.2, 0) is 26.2 Å². The lowest BCUT2D eigenvalue weighted by molar-refractivity contribution is 0.241. The minimum absolute atomic E-state index is 0.853. The molecule has 0 bridgehead atoms. The molecule has 4 aromatic rings. The monoisotopic (exact) mass is 438 g/mol. The normalized spacial score (nSPS) is 11.1. The molecule has 0 atom stereocenters. The molecule has 4 rings (SSSR count). The summed E-state index contributed by atoms with van der Waals surface area (Å²) in [5.41, 5.74) is 6.22. The number of anilines is 1. The van der Waals surface area contributed by atoms with E-state index >= 15 is 0 Å². The van der Waals surface area contributed by atoms with Crippen LogP contribution in [0.4, 0.5) is 5.69 Å². The lowest BCUT2D eigenvalue weighted by Gasteiger charge is -2.24. The van der Waals surface area contributed by atoms with Crippen molar-refractivity contribution in [3.63, 3.8) is 0 Å². The van der Waals surface area contributed by atoms with Gasteiger partial charge in [-0.05, 0) is 29.7 Å². The minimum Gasteiger partial charge on any atom is -0.388 e. The first kappa shape index (κ1) is 22.8. The number of nitrogens with zero attached hydrogens (tertiary/aromatic N) is 3. The zero-order valence-electron chi connectivity index (χ0n) is 19.7. The molecule has 1 aromatic heterocycles. The number of aromatic nitrogens is 2. The van der Waals surface area contributed by atoms with Crippen LogP contribution < -0.4 is 5.32 Å². The van der Waals surface area contributed by atoms with E-state index in [4.69, 9.17) is 4.98 Å². The van der Waals surface area contributed by atoms with Crippen molar-refractivity contribution in [1.29, 1.82) is 0 Å². The summed E-state index contributed by atoms with van der Waals surface area (Å²) in [4.78, 5) is 7.37. The van der Waals surface area contributed by atoms with E-state index in [1.165, 1.54) is 22.4 Å².